The first-order chi connectivity index (χ1) is 8.21. The molecule has 0 amide bonds. The fourth-order valence-electron chi connectivity index (χ4n) is 1.39. The van der Waals surface area contributed by atoms with Crippen LogP contribution in [0.1, 0.15) is 25.0 Å². The molecule has 96 valence electrons. The Kier molecular flexibility index (Phi) is 4.06. The van der Waals surface area contributed by atoms with Crippen LogP contribution in [0.25, 0.3) is 6.08 Å². The summed E-state index contributed by atoms with van der Waals surface area (Å²) in [5, 5.41) is 0. The number of hydrogen-bond donors (Lipinski definition) is 0. The molecule has 0 aliphatic rings. The molecule has 0 atom stereocenters. The molecule has 0 aliphatic carbocycles. The van der Waals surface area contributed by atoms with Crippen molar-refractivity contribution >= 4 is 17.6 Å². The lowest BCUT2D eigenvalue weighted by Gasteiger charge is -2.06. The van der Waals surface area contributed by atoms with Crippen molar-refractivity contribution < 1.29 is 22.8 Å². The van der Waals surface area contributed by atoms with Crippen molar-refractivity contribution in [1.82, 2.24) is 0 Å². The summed E-state index contributed by atoms with van der Waals surface area (Å²) in [6, 6.07) is 4.25. The molecule has 0 radical (unpaired) electrons. The smallest absolute Gasteiger partial charge is 0.294 e. The summed E-state index contributed by atoms with van der Waals surface area (Å²) in [4.78, 5) is 22.3. The molecule has 0 heterocycles. The van der Waals surface area contributed by atoms with E-state index in [0.29, 0.717) is 5.56 Å². The molecule has 0 fully saturated rings. The molecule has 0 aromatic heterocycles. The van der Waals surface area contributed by atoms with Crippen LogP contribution in [-0.2, 0) is 15.8 Å². The number of rotatable bonds is 3. The standard InChI is InChI=1S/C13H11F3O2/c1-8(17)12(9(2)18)7-10-3-5-11(6-4-10)13(14,15)16/h3-7H,1-2H3. The first kappa shape index (κ1) is 14.2. The molecule has 0 spiro atoms. The van der Waals surface area contributed by atoms with Crippen molar-refractivity contribution in [2.45, 2.75) is 20.0 Å². The summed E-state index contributed by atoms with van der Waals surface area (Å²) < 4.78 is 36.9. The number of hydrogen-bond acceptors (Lipinski definition) is 2. The van der Waals surface area contributed by atoms with Crippen molar-refractivity contribution in [2.24, 2.45) is 0 Å². The van der Waals surface area contributed by atoms with E-state index < -0.39 is 23.3 Å². The Morgan fingerprint density at radius 1 is 1.00 bits per heavy atom. The van der Waals surface area contributed by atoms with Gasteiger partial charge in [0.15, 0.2) is 11.6 Å². The second-order valence-electron chi connectivity index (χ2n) is 3.79. The number of benzene rings is 1. The highest BCUT2D eigenvalue weighted by Gasteiger charge is 2.29. The zero-order chi connectivity index (χ0) is 13.9. The summed E-state index contributed by atoms with van der Waals surface area (Å²) in [7, 11) is 0. The summed E-state index contributed by atoms with van der Waals surface area (Å²) in [5.74, 6) is -0.829. The van der Waals surface area contributed by atoms with E-state index >= 15 is 0 Å². The van der Waals surface area contributed by atoms with Crippen molar-refractivity contribution in [1.29, 1.82) is 0 Å². The number of alkyl halides is 3. The number of ketones is 2. The Labute approximate surface area is 102 Å². The van der Waals surface area contributed by atoms with Crippen LogP contribution in [0.15, 0.2) is 29.8 Å². The second-order valence-corrected chi connectivity index (χ2v) is 3.79. The third-order valence-corrected chi connectivity index (χ3v) is 2.31. The SMILES string of the molecule is CC(=O)C(=Cc1ccc(C(F)(F)F)cc1)C(C)=O. The minimum Gasteiger partial charge on any atom is -0.294 e. The zero-order valence-corrected chi connectivity index (χ0v) is 9.84. The average Bonchev–Trinajstić information content (AvgIpc) is 2.24. The highest BCUT2D eigenvalue weighted by Crippen LogP contribution is 2.29. The summed E-state index contributed by atoms with van der Waals surface area (Å²) >= 11 is 0. The maximum Gasteiger partial charge on any atom is 0.416 e. The molecule has 0 unspecified atom stereocenters. The molecule has 0 saturated heterocycles. The van der Waals surface area contributed by atoms with E-state index in [-0.39, 0.29) is 5.57 Å². The van der Waals surface area contributed by atoms with Gasteiger partial charge in [0, 0.05) is 0 Å². The van der Waals surface area contributed by atoms with Gasteiger partial charge in [-0.25, -0.2) is 0 Å². The van der Waals surface area contributed by atoms with Gasteiger partial charge in [-0.1, -0.05) is 12.1 Å². The van der Waals surface area contributed by atoms with Gasteiger partial charge in [0.1, 0.15) is 0 Å². The van der Waals surface area contributed by atoms with E-state index in [1.54, 1.807) is 0 Å². The number of carbonyl (C=O) groups excluding carboxylic acids is 2. The van der Waals surface area contributed by atoms with E-state index in [1.165, 1.54) is 32.1 Å². The van der Waals surface area contributed by atoms with Crippen LogP contribution in [-0.4, -0.2) is 11.6 Å². The van der Waals surface area contributed by atoms with Crippen molar-refractivity contribution in [2.75, 3.05) is 0 Å². The minimum absolute atomic E-state index is 0.0326. The lowest BCUT2D eigenvalue weighted by Crippen LogP contribution is -2.06. The second kappa shape index (κ2) is 5.16. The van der Waals surface area contributed by atoms with Gasteiger partial charge in [0.25, 0.3) is 0 Å². The molecule has 1 rings (SSSR count). The van der Waals surface area contributed by atoms with Gasteiger partial charge >= 0.3 is 6.18 Å². The fourth-order valence-corrected chi connectivity index (χ4v) is 1.39. The molecule has 0 bridgehead atoms. The Hall–Kier alpha value is -1.91. The van der Waals surface area contributed by atoms with Gasteiger partial charge in [0.2, 0.25) is 0 Å². The molecule has 0 N–H and O–H groups in total. The number of Topliss-reactive ketones (excluding diaryl/α,β-unsaturated/α-hetero) is 2. The lowest BCUT2D eigenvalue weighted by molar-refractivity contribution is -0.137. The molecule has 1 aromatic carbocycles. The molecule has 0 saturated carbocycles. The summed E-state index contributed by atoms with van der Waals surface area (Å²) in [6.45, 7) is 2.47. The first-order valence-corrected chi connectivity index (χ1v) is 5.12. The molecule has 1 aromatic rings. The van der Waals surface area contributed by atoms with Gasteiger partial charge in [0.05, 0.1) is 11.1 Å². The van der Waals surface area contributed by atoms with Crippen LogP contribution in [0.5, 0.6) is 0 Å². The maximum atomic E-state index is 12.3. The number of allylic oxidation sites excluding steroid dienone is 1. The van der Waals surface area contributed by atoms with Crippen molar-refractivity contribution in [3.8, 4) is 0 Å². The molecular weight excluding hydrogens is 245 g/mol. The summed E-state index contributed by atoms with van der Waals surface area (Å²) in [5.41, 5.74) is -0.426. The van der Waals surface area contributed by atoms with E-state index in [2.05, 4.69) is 0 Å². The topological polar surface area (TPSA) is 34.1 Å². The average molecular weight is 256 g/mol. The number of carbonyl (C=O) groups is 2. The van der Waals surface area contributed by atoms with Crippen LogP contribution in [0.2, 0.25) is 0 Å². The predicted octanol–water partition coefficient (Wildman–Crippen LogP) is 3.27. The maximum absolute atomic E-state index is 12.3. The largest absolute Gasteiger partial charge is 0.416 e. The minimum atomic E-state index is -4.40. The Bertz CT molecular complexity index is 480. The molecule has 2 nitrogen and oxygen atoms in total. The molecular formula is C13H11F3O2. The Morgan fingerprint density at radius 2 is 1.44 bits per heavy atom. The highest BCUT2D eigenvalue weighted by atomic mass is 19.4. The monoisotopic (exact) mass is 256 g/mol. The number of halogens is 3. The third-order valence-electron chi connectivity index (χ3n) is 2.31. The first-order valence-electron chi connectivity index (χ1n) is 5.12. The Morgan fingerprint density at radius 3 is 1.78 bits per heavy atom. The van der Waals surface area contributed by atoms with Gasteiger partial charge in [-0.3, -0.25) is 9.59 Å². The third kappa shape index (κ3) is 3.55. The van der Waals surface area contributed by atoms with E-state index in [1.807, 2.05) is 0 Å². The van der Waals surface area contributed by atoms with Crippen LogP contribution >= 0.6 is 0 Å². The van der Waals surface area contributed by atoms with E-state index in [4.69, 9.17) is 0 Å². The van der Waals surface area contributed by atoms with Gasteiger partial charge in [-0.15, -0.1) is 0 Å². The van der Waals surface area contributed by atoms with Gasteiger partial charge < -0.3 is 0 Å². The zero-order valence-electron chi connectivity index (χ0n) is 9.84. The summed E-state index contributed by atoms with van der Waals surface area (Å²) in [6.07, 6.45) is -3.11. The van der Waals surface area contributed by atoms with Gasteiger partial charge in [-0.2, -0.15) is 13.2 Å². The highest BCUT2D eigenvalue weighted by molar-refractivity contribution is 6.21. The fraction of sp³-hybridized carbons (Fsp3) is 0.231. The molecule has 0 aliphatic heterocycles. The van der Waals surface area contributed by atoms with E-state index in [9.17, 15) is 22.8 Å². The van der Waals surface area contributed by atoms with Crippen LogP contribution in [0, 0.1) is 0 Å². The normalized spacial score (nSPS) is 10.9. The lowest BCUT2D eigenvalue weighted by atomic mass is 10.0. The quantitative estimate of drug-likeness (QED) is 0.472. The van der Waals surface area contributed by atoms with E-state index in [0.717, 1.165) is 12.1 Å². The predicted molar refractivity (Wildman–Crippen MR) is 60.8 cm³/mol. The van der Waals surface area contributed by atoms with Crippen molar-refractivity contribution in [3.05, 3.63) is 41.0 Å². The van der Waals surface area contributed by atoms with Crippen LogP contribution in [0.3, 0.4) is 0 Å². The van der Waals surface area contributed by atoms with Crippen LogP contribution < -0.4 is 0 Å². The molecule has 5 heteroatoms. The van der Waals surface area contributed by atoms with Gasteiger partial charge in [-0.05, 0) is 37.6 Å². The van der Waals surface area contributed by atoms with Crippen molar-refractivity contribution in [3.63, 3.8) is 0 Å². The van der Waals surface area contributed by atoms with Crippen LogP contribution in [0.4, 0.5) is 13.2 Å². The Balaban J connectivity index is 3.09. The molecule has 18 heavy (non-hydrogen) atoms.